The molecule has 0 aliphatic heterocycles. The second-order valence-corrected chi connectivity index (χ2v) is 4.19. The first kappa shape index (κ1) is 11.1. The highest BCUT2D eigenvalue weighted by molar-refractivity contribution is 7.09. The molecule has 1 aromatic carbocycles. The van der Waals surface area contributed by atoms with Crippen molar-refractivity contribution in [2.75, 3.05) is 7.11 Å². The number of thiazole rings is 1. The number of methoxy groups -OCH3 is 1. The van der Waals surface area contributed by atoms with Crippen molar-refractivity contribution < 1.29 is 4.74 Å². The zero-order valence-electron chi connectivity index (χ0n) is 8.88. The van der Waals surface area contributed by atoms with Gasteiger partial charge in [-0.25, -0.2) is 5.43 Å². The summed E-state index contributed by atoms with van der Waals surface area (Å²) in [5.74, 6) is 6.40. The molecule has 0 saturated heterocycles. The van der Waals surface area contributed by atoms with Crippen LogP contribution >= 0.6 is 11.3 Å². The zero-order valence-corrected chi connectivity index (χ0v) is 9.70. The van der Waals surface area contributed by atoms with E-state index in [-0.39, 0.29) is 6.04 Å². The largest absolute Gasteiger partial charge is 0.497 e. The molecule has 4 nitrogen and oxygen atoms in total. The van der Waals surface area contributed by atoms with Crippen LogP contribution in [0.5, 0.6) is 5.75 Å². The van der Waals surface area contributed by atoms with Crippen molar-refractivity contribution in [2.45, 2.75) is 6.04 Å². The van der Waals surface area contributed by atoms with E-state index >= 15 is 0 Å². The third-order valence-corrected chi connectivity index (χ3v) is 3.19. The Balaban J connectivity index is 2.27. The lowest BCUT2D eigenvalue weighted by atomic mass is 10.1. The fraction of sp³-hybridized carbons (Fsp3) is 0.182. The fourth-order valence-corrected chi connectivity index (χ4v) is 2.21. The van der Waals surface area contributed by atoms with Gasteiger partial charge in [-0.3, -0.25) is 10.8 Å². The summed E-state index contributed by atoms with van der Waals surface area (Å²) < 4.78 is 5.11. The maximum atomic E-state index is 5.56. The first-order valence-corrected chi connectivity index (χ1v) is 5.71. The number of nitrogens with zero attached hydrogens (tertiary/aromatic N) is 1. The molecule has 0 spiro atoms. The first-order valence-electron chi connectivity index (χ1n) is 4.83. The van der Waals surface area contributed by atoms with Gasteiger partial charge in [-0.2, -0.15) is 0 Å². The molecule has 0 fully saturated rings. The Kier molecular flexibility index (Phi) is 3.51. The lowest BCUT2D eigenvalue weighted by Gasteiger charge is -2.14. The van der Waals surface area contributed by atoms with Crippen molar-refractivity contribution in [1.82, 2.24) is 10.4 Å². The Hall–Kier alpha value is -1.43. The molecule has 0 radical (unpaired) electrons. The number of rotatable bonds is 4. The Morgan fingerprint density at radius 1 is 1.38 bits per heavy atom. The monoisotopic (exact) mass is 235 g/mol. The van der Waals surface area contributed by atoms with Crippen LogP contribution in [0, 0.1) is 0 Å². The Morgan fingerprint density at radius 2 is 2.12 bits per heavy atom. The number of hydrogen-bond donors (Lipinski definition) is 2. The van der Waals surface area contributed by atoms with Crippen molar-refractivity contribution in [3.8, 4) is 5.75 Å². The van der Waals surface area contributed by atoms with Crippen LogP contribution in [0.2, 0.25) is 0 Å². The molecule has 0 amide bonds. The van der Waals surface area contributed by atoms with Gasteiger partial charge in [0.25, 0.3) is 0 Å². The summed E-state index contributed by atoms with van der Waals surface area (Å²) in [5.41, 5.74) is 5.67. The van der Waals surface area contributed by atoms with Crippen LogP contribution < -0.4 is 16.0 Å². The highest BCUT2D eigenvalue weighted by atomic mass is 32.1. The van der Waals surface area contributed by atoms with Gasteiger partial charge in [0, 0.05) is 11.1 Å². The van der Waals surface area contributed by atoms with Crippen molar-refractivity contribution >= 4 is 11.3 Å². The van der Waals surface area contributed by atoms with Gasteiger partial charge in [0.2, 0.25) is 0 Å². The maximum Gasteiger partial charge on any atom is 0.118 e. The van der Waals surface area contributed by atoms with Gasteiger partial charge in [0.05, 0.1) is 18.7 Å². The van der Waals surface area contributed by atoms with Gasteiger partial charge in [-0.05, 0) is 17.7 Å². The minimum atomic E-state index is -0.0154. The molecule has 2 rings (SSSR count). The van der Waals surface area contributed by atoms with Crippen molar-refractivity contribution in [3.05, 3.63) is 46.4 Å². The number of nitrogens with two attached hydrogens (primary N) is 1. The summed E-state index contributed by atoms with van der Waals surface area (Å²) in [6, 6.07) is 7.80. The minimum absolute atomic E-state index is 0.0154. The second kappa shape index (κ2) is 5.07. The van der Waals surface area contributed by atoms with E-state index in [0.717, 1.165) is 16.2 Å². The van der Waals surface area contributed by atoms with Crippen LogP contribution in [0.1, 0.15) is 16.5 Å². The SMILES string of the molecule is COc1ccc(C(NN)c2cncs2)cc1. The van der Waals surface area contributed by atoms with E-state index in [0.29, 0.717) is 0 Å². The van der Waals surface area contributed by atoms with Crippen LogP contribution in [-0.2, 0) is 0 Å². The Bertz CT molecular complexity index is 427. The van der Waals surface area contributed by atoms with E-state index in [2.05, 4.69) is 10.4 Å². The molecular weight excluding hydrogens is 222 g/mol. The number of benzene rings is 1. The molecule has 1 aromatic heterocycles. The summed E-state index contributed by atoms with van der Waals surface area (Å²) in [5, 5.41) is 0. The fourth-order valence-electron chi connectivity index (χ4n) is 1.51. The van der Waals surface area contributed by atoms with E-state index in [1.165, 1.54) is 0 Å². The zero-order chi connectivity index (χ0) is 11.4. The normalized spacial score (nSPS) is 12.4. The lowest BCUT2D eigenvalue weighted by Crippen LogP contribution is -2.28. The van der Waals surface area contributed by atoms with Crippen LogP contribution in [0.15, 0.2) is 36.0 Å². The molecule has 0 bridgehead atoms. The average Bonchev–Trinajstić information content (AvgIpc) is 2.85. The van der Waals surface area contributed by atoms with Crippen molar-refractivity contribution in [1.29, 1.82) is 0 Å². The summed E-state index contributed by atoms with van der Waals surface area (Å²) in [4.78, 5) is 5.14. The summed E-state index contributed by atoms with van der Waals surface area (Å²) >= 11 is 1.58. The highest BCUT2D eigenvalue weighted by Gasteiger charge is 2.13. The molecular formula is C11H13N3OS. The molecule has 2 aromatic rings. The summed E-state index contributed by atoms with van der Waals surface area (Å²) in [6.07, 6.45) is 1.82. The quantitative estimate of drug-likeness (QED) is 0.625. The molecule has 0 aliphatic rings. The molecule has 0 saturated carbocycles. The molecule has 3 N–H and O–H groups in total. The van der Waals surface area contributed by atoms with E-state index < -0.39 is 0 Å². The van der Waals surface area contributed by atoms with E-state index in [1.807, 2.05) is 30.5 Å². The topological polar surface area (TPSA) is 60.2 Å². The second-order valence-electron chi connectivity index (χ2n) is 3.28. The molecule has 1 atom stereocenters. The highest BCUT2D eigenvalue weighted by Crippen LogP contribution is 2.25. The average molecular weight is 235 g/mol. The van der Waals surface area contributed by atoms with E-state index in [4.69, 9.17) is 10.6 Å². The predicted octanol–water partition coefficient (Wildman–Crippen LogP) is 1.70. The van der Waals surface area contributed by atoms with Gasteiger partial charge in [0.15, 0.2) is 0 Å². The van der Waals surface area contributed by atoms with Crippen LogP contribution in [0.4, 0.5) is 0 Å². The van der Waals surface area contributed by atoms with E-state index in [9.17, 15) is 0 Å². The smallest absolute Gasteiger partial charge is 0.118 e. The number of hydrogen-bond acceptors (Lipinski definition) is 5. The van der Waals surface area contributed by atoms with Crippen molar-refractivity contribution in [2.24, 2.45) is 5.84 Å². The van der Waals surface area contributed by atoms with Crippen LogP contribution in [0.25, 0.3) is 0 Å². The molecule has 0 aliphatic carbocycles. The van der Waals surface area contributed by atoms with E-state index in [1.54, 1.807) is 24.0 Å². The van der Waals surface area contributed by atoms with Crippen LogP contribution in [-0.4, -0.2) is 12.1 Å². The Labute approximate surface area is 98.1 Å². The lowest BCUT2D eigenvalue weighted by molar-refractivity contribution is 0.414. The molecule has 5 heteroatoms. The standard InChI is InChI=1S/C11H13N3OS/c1-15-9-4-2-8(3-5-9)11(14-12)10-6-13-7-16-10/h2-7,11,14H,12H2,1H3. The first-order chi connectivity index (χ1) is 7.85. The molecule has 84 valence electrons. The van der Waals surface area contributed by atoms with Crippen molar-refractivity contribution in [3.63, 3.8) is 0 Å². The summed E-state index contributed by atoms with van der Waals surface area (Å²) in [7, 11) is 1.65. The van der Waals surface area contributed by atoms with Gasteiger partial charge in [-0.1, -0.05) is 12.1 Å². The molecule has 1 unspecified atom stereocenters. The number of ether oxygens (including phenoxy) is 1. The number of nitrogens with one attached hydrogen (secondary N) is 1. The molecule has 16 heavy (non-hydrogen) atoms. The summed E-state index contributed by atoms with van der Waals surface area (Å²) in [6.45, 7) is 0. The minimum Gasteiger partial charge on any atom is -0.497 e. The number of hydrazine groups is 1. The maximum absolute atomic E-state index is 5.56. The number of aromatic nitrogens is 1. The van der Waals surface area contributed by atoms with Crippen LogP contribution in [0.3, 0.4) is 0 Å². The third-order valence-electron chi connectivity index (χ3n) is 2.35. The van der Waals surface area contributed by atoms with Gasteiger partial charge >= 0.3 is 0 Å². The predicted molar refractivity (Wildman–Crippen MR) is 64.3 cm³/mol. The molecule has 1 heterocycles. The Morgan fingerprint density at radius 3 is 2.62 bits per heavy atom. The van der Waals surface area contributed by atoms with Gasteiger partial charge in [-0.15, -0.1) is 11.3 Å². The van der Waals surface area contributed by atoms with Gasteiger partial charge in [0.1, 0.15) is 5.75 Å². The third kappa shape index (κ3) is 2.21. The van der Waals surface area contributed by atoms with Gasteiger partial charge < -0.3 is 4.74 Å².